The van der Waals surface area contributed by atoms with Crippen LogP contribution in [0, 0.1) is 5.92 Å². The molecule has 3 aromatic rings. The first-order chi connectivity index (χ1) is 19.1. The molecular weight excluding hydrogens is 514 g/mol. The Morgan fingerprint density at radius 1 is 0.976 bits per heavy atom. The van der Waals surface area contributed by atoms with Gasteiger partial charge in [0.1, 0.15) is 22.8 Å². The SMILES string of the molecule is COc1ccc(C(=O)N[C@@]2(CC(C)C)C(=O)Oc3ccccc3[C@@H]2c2cc(C(C)(C)C)c(O)c(C(C)(C)C)c2)cc1. The molecule has 1 amide bonds. The van der Waals surface area contributed by atoms with E-state index in [-0.39, 0.29) is 28.4 Å². The maximum absolute atomic E-state index is 14.2. The number of para-hydroxylation sites is 1. The zero-order valence-electron chi connectivity index (χ0n) is 25.7. The fourth-order valence-corrected chi connectivity index (χ4v) is 5.85. The number of phenolic OH excluding ortho intramolecular Hbond substituents is 1. The van der Waals surface area contributed by atoms with E-state index in [1.165, 1.54) is 0 Å². The lowest BCUT2D eigenvalue weighted by molar-refractivity contribution is -0.144. The van der Waals surface area contributed by atoms with E-state index < -0.39 is 17.4 Å². The molecule has 1 aliphatic rings. The predicted octanol–water partition coefficient (Wildman–Crippen LogP) is 7.26. The molecule has 0 aliphatic carbocycles. The average molecular weight is 558 g/mol. The van der Waals surface area contributed by atoms with Crippen LogP contribution in [0.1, 0.15) is 100 Å². The first-order valence-electron chi connectivity index (χ1n) is 14.2. The van der Waals surface area contributed by atoms with E-state index in [0.29, 0.717) is 23.5 Å². The molecule has 0 aromatic heterocycles. The number of nitrogens with one attached hydrogen (secondary N) is 1. The van der Waals surface area contributed by atoms with Crippen molar-refractivity contribution >= 4 is 11.9 Å². The molecule has 3 aromatic carbocycles. The molecule has 0 saturated heterocycles. The van der Waals surface area contributed by atoms with Gasteiger partial charge in [0.15, 0.2) is 0 Å². The van der Waals surface area contributed by atoms with Crippen LogP contribution < -0.4 is 14.8 Å². The Morgan fingerprint density at radius 3 is 2.05 bits per heavy atom. The van der Waals surface area contributed by atoms with Crippen molar-refractivity contribution in [2.75, 3.05) is 7.11 Å². The number of hydrogen-bond donors (Lipinski definition) is 2. The van der Waals surface area contributed by atoms with Crippen molar-refractivity contribution in [2.24, 2.45) is 5.92 Å². The van der Waals surface area contributed by atoms with Gasteiger partial charge in [0.2, 0.25) is 0 Å². The molecule has 0 spiro atoms. The summed E-state index contributed by atoms with van der Waals surface area (Å²) in [5.74, 6) is -0.0173. The van der Waals surface area contributed by atoms with Crippen molar-refractivity contribution in [2.45, 2.75) is 84.1 Å². The van der Waals surface area contributed by atoms with Gasteiger partial charge in [-0.05, 0) is 70.2 Å². The summed E-state index contributed by atoms with van der Waals surface area (Å²) in [5, 5.41) is 14.6. The number of carbonyl (C=O) groups excluding carboxylic acids is 2. The zero-order valence-corrected chi connectivity index (χ0v) is 25.7. The van der Waals surface area contributed by atoms with Gasteiger partial charge in [-0.15, -0.1) is 0 Å². The van der Waals surface area contributed by atoms with Gasteiger partial charge < -0.3 is 19.9 Å². The molecule has 218 valence electrons. The number of rotatable bonds is 6. The van der Waals surface area contributed by atoms with Gasteiger partial charge in [-0.25, -0.2) is 4.79 Å². The Balaban J connectivity index is 2.02. The number of ether oxygens (including phenoxy) is 2. The molecule has 6 nitrogen and oxygen atoms in total. The van der Waals surface area contributed by atoms with Crippen LogP contribution in [0.25, 0.3) is 0 Å². The topological polar surface area (TPSA) is 84.9 Å². The molecule has 2 N–H and O–H groups in total. The third-order valence-electron chi connectivity index (χ3n) is 7.79. The summed E-state index contributed by atoms with van der Waals surface area (Å²) < 4.78 is 11.2. The van der Waals surface area contributed by atoms with Crippen LogP contribution in [0.3, 0.4) is 0 Å². The van der Waals surface area contributed by atoms with Crippen LogP contribution in [-0.2, 0) is 15.6 Å². The minimum absolute atomic E-state index is 0.0489. The quantitative estimate of drug-likeness (QED) is 0.246. The highest BCUT2D eigenvalue weighted by atomic mass is 16.5. The maximum Gasteiger partial charge on any atom is 0.338 e. The van der Waals surface area contributed by atoms with Crippen molar-refractivity contribution in [3.8, 4) is 17.2 Å². The molecule has 41 heavy (non-hydrogen) atoms. The molecule has 0 bridgehead atoms. The standard InChI is InChI=1S/C35H43NO5/c1-21(2)20-35(36-31(38)22-14-16-24(40-9)17-15-22)29(25-12-10-11-13-28(25)41-32(35)39)23-18-26(33(3,4)5)30(37)27(19-23)34(6,7)8/h10-19,21,29,37H,20H2,1-9H3,(H,36,38)/t29-,35+/m0/s1. The monoisotopic (exact) mass is 557 g/mol. The Bertz CT molecular complexity index is 1410. The van der Waals surface area contributed by atoms with E-state index in [1.54, 1.807) is 37.4 Å². The molecule has 1 aliphatic heterocycles. The fourth-order valence-electron chi connectivity index (χ4n) is 5.85. The van der Waals surface area contributed by atoms with Gasteiger partial charge in [0.25, 0.3) is 5.91 Å². The van der Waals surface area contributed by atoms with Crippen molar-refractivity contribution in [1.29, 1.82) is 0 Å². The molecular formula is C35H43NO5. The molecule has 4 rings (SSSR count). The second-order valence-electron chi connectivity index (χ2n) is 13.6. The summed E-state index contributed by atoms with van der Waals surface area (Å²) in [5.41, 5.74) is 1.50. The van der Waals surface area contributed by atoms with Gasteiger partial charge in [0.05, 0.1) is 7.11 Å². The molecule has 0 fully saturated rings. The average Bonchev–Trinajstić information content (AvgIpc) is 2.88. The fraction of sp³-hybridized carbons (Fsp3) is 0.429. The van der Waals surface area contributed by atoms with Crippen molar-refractivity contribution in [3.63, 3.8) is 0 Å². The highest BCUT2D eigenvalue weighted by Gasteiger charge is 2.54. The van der Waals surface area contributed by atoms with Crippen LogP contribution >= 0.6 is 0 Å². The number of amides is 1. The van der Waals surface area contributed by atoms with E-state index in [4.69, 9.17) is 9.47 Å². The van der Waals surface area contributed by atoms with Crippen LogP contribution in [0.2, 0.25) is 0 Å². The second-order valence-corrected chi connectivity index (χ2v) is 13.6. The molecule has 6 heteroatoms. The smallest absolute Gasteiger partial charge is 0.338 e. The van der Waals surface area contributed by atoms with Crippen LogP contribution in [0.4, 0.5) is 0 Å². The minimum Gasteiger partial charge on any atom is -0.507 e. The summed E-state index contributed by atoms with van der Waals surface area (Å²) in [6.45, 7) is 16.4. The van der Waals surface area contributed by atoms with E-state index in [9.17, 15) is 14.7 Å². The normalized spacial score (nSPS) is 19.0. The van der Waals surface area contributed by atoms with Gasteiger partial charge in [0, 0.05) is 17.0 Å². The lowest BCUT2D eigenvalue weighted by Crippen LogP contribution is -2.62. The van der Waals surface area contributed by atoms with E-state index in [2.05, 4.69) is 46.9 Å². The predicted molar refractivity (Wildman–Crippen MR) is 162 cm³/mol. The lowest BCUT2D eigenvalue weighted by Gasteiger charge is -2.45. The molecule has 1 heterocycles. The van der Waals surface area contributed by atoms with Crippen LogP contribution in [0.5, 0.6) is 17.2 Å². The third-order valence-corrected chi connectivity index (χ3v) is 7.79. The molecule has 0 unspecified atom stereocenters. The van der Waals surface area contributed by atoms with E-state index in [1.807, 2.05) is 44.2 Å². The van der Waals surface area contributed by atoms with Gasteiger partial charge >= 0.3 is 5.97 Å². The lowest BCUT2D eigenvalue weighted by atomic mass is 9.67. The van der Waals surface area contributed by atoms with Crippen molar-refractivity contribution < 1.29 is 24.2 Å². The number of fused-ring (bicyclic) bond motifs is 1. The van der Waals surface area contributed by atoms with Crippen molar-refractivity contribution in [1.82, 2.24) is 5.32 Å². The maximum atomic E-state index is 14.2. The molecule has 2 atom stereocenters. The van der Waals surface area contributed by atoms with Crippen LogP contribution in [-0.4, -0.2) is 29.6 Å². The molecule has 0 radical (unpaired) electrons. The third kappa shape index (κ3) is 5.83. The number of aromatic hydroxyl groups is 1. The first kappa shape index (κ1) is 30.2. The Kier molecular flexibility index (Phi) is 8.01. The van der Waals surface area contributed by atoms with Gasteiger partial charge in [-0.2, -0.15) is 0 Å². The van der Waals surface area contributed by atoms with E-state index in [0.717, 1.165) is 22.3 Å². The second kappa shape index (κ2) is 10.9. The summed E-state index contributed by atoms with van der Waals surface area (Å²) in [6, 6.07) is 18.3. The van der Waals surface area contributed by atoms with Gasteiger partial charge in [-0.3, -0.25) is 4.79 Å². The Labute approximate surface area is 244 Å². The number of methoxy groups -OCH3 is 1. The minimum atomic E-state index is -1.40. The highest BCUT2D eigenvalue weighted by molar-refractivity contribution is 6.00. The summed E-state index contributed by atoms with van der Waals surface area (Å²) in [7, 11) is 1.57. The van der Waals surface area contributed by atoms with E-state index >= 15 is 0 Å². The zero-order chi connectivity index (χ0) is 30.3. The largest absolute Gasteiger partial charge is 0.507 e. The number of phenols is 1. The number of carbonyl (C=O) groups is 2. The first-order valence-corrected chi connectivity index (χ1v) is 14.2. The summed E-state index contributed by atoms with van der Waals surface area (Å²) in [6.07, 6.45) is 0.351. The summed E-state index contributed by atoms with van der Waals surface area (Å²) in [4.78, 5) is 28.0. The number of hydrogen-bond acceptors (Lipinski definition) is 5. The van der Waals surface area contributed by atoms with Crippen molar-refractivity contribution in [3.05, 3.63) is 88.5 Å². The van der Waals surface area contributed by atoms with Gasteiger partial charge in [-0.1, -0.05) is 85.7 Å². The van der Waals surface area contributed by atoms with Crippen LogP contribution in [0.15, 0.2) is 60.7 Å². The number of benzene rings is 3. The Morgan fingerprint density at radius 2 is 1.54 bits per heavy atom. The Hall–Kier alpha value is -3.80. The molecule has 0 saturated carbocycles. The highest BCUT2D eigenvalue weighted by Crippen LogP contribution is 2.50. The summed E-state index contributed by atoms with van der Waals surface area (Å²) >= 11 is 0. The number of esters is 1.